The second kappa shape index (κ2) is 3.99. The van der Waals surface area contributed by atoms with Crippen LogP contribution in [0.15, 0.2) is 10.6 Å². The van der Waals surface area contributed by atoms with Crippen molar-refractivity contribution in [3.05, 3.63) is 15.9 Å². The second-order valence-corrected chi connectivity index (χ2v) is 2.97. The molecule has 0 saturated carbocycles. The Balaban J connectivity index is 2.95. The standard InChI is InChI=1S/C7H7NO4S/c1-2-12-7(10)4-3-13-6(8-11)5(4)9/h3,9H,2H2,1H3. The van der Waals surface area contributed by atoms with Gasteiger partial charge in [0.1, 0.15) is 5.56 Å². The molecule has 6 heteroatoms. The first-order chi connectivity index (χ1) is 6.20. The summed E-state index contributed by atoms with van der Waals surface area (Å²) in [4.78, 5) is 21.1. The fourth-order valence-electron chi connectivity index (χ4n) is 0.760. The van der Waals surface area contributed by atoms with E-state index in [1.807, 2.05) is 0 Å². The number of nitroso groups, excluding NO2 is 1. The van der Waals surface area contributed by atoms with Crippen molar-refractivity contribution in [1.82, 2.24) is 0 Å². The molecule has 1 aromatic rings. The Hall–Kier alpha value is -1.43. The summed E-state index contributed by atoms with van der Waals surface area (Å²) in [5, 5.41) is 13.0. The Morgan fingerprint density at radius 2 is 2.46 bits per heavy atom. The van der Waals surface area contributed by atoms with Crippen LogP contribution in [0.5, 0.6) is 5.75 Å². The highest BCUT2D eigenvalue weighted by Gasteiger charge is 2.18. The van der Waals surface area contributed by atoms with Crippen LogP contribution in [-0.2, 0) is 4.74 Å². The fraction of sp³-hybridized carbons (Fsp3) is 0.286. The number of carbonyl (C=O) groups is 1. The first kappa shape index (κ1) is 9.66. The maximum atomic E-state index is 11.1. The number of aromatic hydroxyl groups is 1. The molecule has 70 valence electrons. The summed E-state index contributed by atoms with van der Waals surface area (Å²) in [6.07, 6.45) is 0. The van der Waals surface area contributed by atoms with Gasteiger partial charge in [-0.05, 0) is 12.1 Å². The second-order valence-electron chi connectivity index (χ2n) is 2.11. The first-order valence-corrected chi connectivity index (χ1v) is 4.39. The smallest absolute Gasteiger partial charge is 0.342 e. The number of hydrogen-bond acceptors (Lipinski definition) is 6. The molecule has 1 rings (SSSR count). The van der Waals surface area contributed by atoms with Crippen molar-refractivity contribution in [2.75, 3.05) is 6.61 Å². The number of thiophene rings is 1. The molecule has 0 fully saturated rings. The van der Waals surface area contributed by atoms with Gasteiger partial charge in [0.2, 0.25) is 5.00 Å². The zero-order valence-corrected chi connectivity index (χ0v) is 7.63. The number of carbonyl (C=O) groups excluding carboxylic acids is 1. The minimum Gasteiger partial charge on any atom is -0.504 e. The van der Waals surface area contributed by atoms with E-state index in [2.05, 4.69) is 9.91 Å². The normalized spacial score (nSPS) is 9.62. The molecule has 0 saturated heterocycles. The van der Waals surface area contributed by atoms with Crippen molar-refractivity contribution in [2.24, 2.45) is 5.18 Å². The lowest BCUT2D eigenvalue weighted by Crippen LogP contribution is -2.02. The molecule has 1 aromatic heterocycles. The SMILES string of the molecule is CCOC(=O)c1csc(N=O)c1O. The van der Waals surface area contributed by atoms with Crippen LogP contribution in [0.2, 0.25) is 0 Å². The van der Waals surface area contributed by atoms with E-state index in [1.54, 1.807) is 6.92 Å². The van der Waals surface area contributed by atoms with E-state index in [9.17, 15) is 14.8 Å². The van der Waals surface area contributed by atoms with Gasteiger partial charge in [-0.3, -0.25) is 0 Å². The number of nitrogens with zero attached hydrogens (tertiary/aromatic N) is 1. The molecule has 0 atom stereocenters. The lowest BCUT2D eigenvalue weighted by Gasteiger charge is -1.98. The van der Waals surface area contributed by atoms with E-state index < -0.39 is 11.7 Å². The minimum absolute atomic E-state index is 0.0125. The first-order valence-electron chi connectivity index (χ1n) is 3.51. The average molecular weight is 201 g/mol. The zero-order chi connectivity index (χ0) is 9.84. The molecule has 0 aliphatic rings. The molecule has 1 N–H and O–H groups in total. The predicted molar refractivity (Wildman–Crippen MR) is 47.4 cm³/mol. The molecule has 13 heavy (non-hydrogen) atoms. The molecule has 0 unspecified atom stereocenters. The fourth-order valence-corrected chi connectivity index (χ4v) is 1.46. The van der Waals surface area contributed by atoms with Gasteiger partial charge in [0.05, 0.1) is 6.61 Å². The van der Waals surface area contributed by atoms with Gasteiger partial charge in [-0.15, -0.1) is 16.2 Å². The highest BCUT2D eigenvalue weighted by molar-refractivity contribution is 7.14. The van der Waals surface area contributed by atoms with Gasteiger partial charge in [-0.2, -0.15) is 0 Å². The largest absolute Gasteiger partial charge is 0.504 e. The third-order valence-electron chi connectivity index (χ3n) is 1.32. The van der Waals surface area contributed by atoms with E-state index in [1.165, 1.54) is 5.38 Å². The summed E-state index contributed by atoms with van der Waals surface area (Å²) < 4.78 is 4.63. The van der Waals surface area contributed by atoms with Crippen LogP contribution in [0.1, 0.15) is 17.3 Å². The van der Waals surface area contributed by atoms with Crippen LogP contribution in [0, 0.1) is 4.91 Å². The van der Waals surface area contributed by atoms with Gasteiger partial charge in [0.15, 0.2) is 5.75 Å². The Bertz CT molecular complexity index is 333. The van der Waals surface area contributed by atoms with Crippen LogP contribution in [0.25, 0.3) is 0 Å². The van der Waals surface area contributed by atoms with E-state index in [0.29, 0.717) is 0 Å². The van der Waals surface area contributed by atoms with Crippen LogP contribution in [0.3, 0.4) is 0 Å². The molecule has 0 aliphatic carbocycles. The van der Waals surface area contributed by atoms with Gasteiger partial charge in [-0.25, -0.2) is 4.79 Å². The number of hydrogen-bond donors (Lipinski definition) is 1. The van der Waals surface area contributed by atoms with Crippen molar-refractivity contribution in [2.45, 2.75) is 6.92 Å². The maximum absolute atomic E-state index is 11.1. The van der Waals surface area contributed by atoms with Crippen molar-refractivity contribution >= 4 is 22.3 Å². The molecule has 0 bridgehead atoms. The maximum Gasteiger partial charge on any atom is 0.342 e. The van der Waals surface area contributed by atoms with Gasteiger partial charge in [0.25, 0.3) is 0 Å². The topological polar surface area (TPSA) is 76.0 Å². The molecule has 0 spiro atoms. The van der Waals surface area contributed by atoms with Crippen LogP contribution < -0.4 is 0 Å². The Morgan fingerprint density at radius 1 is 1.77 bits per heavy atom. The van der Waals surface area contributed by atoms with E-state index in [-0.39, 0.29) is 17.2 Å². The Morgan fingerprint density at radius 3 is 2.92 bits per heavy atom. The molecule has 0 radical (unpaired) electrons. The van der Waals surface area contributed by atoms with Crippen LogP contribution >= 0.6 is 11.3 Å². The molecule has 1 heterocycles. The number of ether oxygens (including phenoxy) is 1. The number of esters is 1. The van der Waals surface area contributed by atoms with Gasteiger partial charge in [0, 0.05) is 5.38 Å². The third kappa shape index (κ3) is 1.83. The van der Waals surface area contributed by atoms with Crippen LogP contribution in [-0.4, -0.2) is 17.7 Å². The monoisotopic (exact) mass is 201 g/mol. The van der Waals surface area contributed by atoms with Crippen molar-refractivity contribution < 1.29 is 14.6 Å². The highest BCUT2D eigenvalue weighted by Crippen LogP contribution is 2.37. The molecule has 0 aromatic carbocycles. The lowest BCUT2D eigenvalue weighted by molar-refractivity contribution is 0.0524. The Kier molecular flexibility index (Phi) is 2.97. The molecular weight excluding hydrogens is 194 g/mol. The Labute approximate surface area is 77.9 Å². The summed E-state index contributed by atoms with van der Waals surface area (Å²) in [6, 6.07) is 0. The van der Waals surface area contributed by atoms with Gasteiger partial charge >= 0.3 is 5.97 Å². The van der Waals surface area contributed by atoms with Crippen molar-refractivity contribution in [3.8, 4) is 5.75 Å². The number of rotatable bonds is 3. The molecule has 5 nitrogen and oxygen atoms in total. The van der Waals surface area contributed by atoms with Crippen molar-refractivity contribution in [3.63, 3.8) is 0 Å². The van der Waals surface area contributed by atoms with E-state index in [4.69, 9.17) is 0 Å². The summed E-state index contributed by atoms with van der Waals surface area (Å²) in [5.41, 5.74) is -0.0125. The average Bonchev–Trinajstić information content (AvgIpc) is 2.47. The highest BCUT2D eigenvalue weighted by atomic mass is 32.1. The van der Waals surface area contributed by atoms with Crippen molar-refractivity contribution in [1.29, 1.82) is 0 Å². The summed E-state index contributed by atoms with van der Waals surface area (Å²) in [5.74, 6) is -1.05. The lowest BCUT2D eigenvalue weighted by atomic mass is 10.3. The summed E-state index contributed by atoms with van der Waals surface area (Å²) in [6.45, 7) is 1.87. The summed E-state index contributed by atoms with van der Waals surface area (Å²) in [7, 11) is 0. The minimum atomic E-state index is -0.647. The molecule has 0 aliphatic heterocycles. The van der Waals surface area contributed by atoms with Crippen LogP contribution in [0.4, 0.5) is 5.00 Å². The predicted octanol–water partition coefficient (Wildman–Crippen LogP) is 2.03. The summed E-state index contributed by atoms with van der Waals surface area (Å²) >= 11 is 0.900. The quantitative estimate of drug-likeness (QED) is 0.599. The third-order valence-corrected chi connectivity index (χ3v) is 2.17. The molecular formula is C7H7NO4S. The zero-order valence-electron chi connectivity index (χ0n) is 6.81. The van der Waals surface area contributed by atoms with E-state index in [0.717, 1.165) is 11.3 Å². The van der Waals surface area contributed by atoms with E-state index >= 15 is 0 Å². The van der Waals surface area contributed by atoms with Gasteiger partial charge < -0.3 is 9.84 Å². The van der Waals surface area contributed by atoms with Gasteiger partial charge in [-0.1, -0.05) is 0 Å². The molecule has 0 amide bonds.